The summed E-state index contributed by atoms with van der Waals surface area (Å²) in [5, 5.41) is 8.00. The third-order valence-electron chi connectivity index (χ3n) is 2.38. The van der Waals surface area contributed by atoms with Crippen LogP contribution in [0.25, 0.3) is 0 Å². The quantitative estimate of drug-likeness (QED) is 0.827. The molecule has 1 aromatic carbocycles. The normalized spacial score (nSPS) is 12.1. The van der Waals surface area contributed by atoms with E-state index in [1.165, 1.54) is 0 Å². The summed E-state index contributed by atoms with van der Waals surface area (Å²) in [7, 11) is 0. The summed E-state index contributed by atoms with van der Waals surface area (Å²) in [6.45, 7) is 3.28. The van der Waals surface area contributed by atoms with Gasteiger partial charge in [0.2, 0.25) is 0 Å². The van der Waals surface area contributed by atoms with Crippen LogP contribution in [0.3, 0.4) is 0 Å². The molecule has 0 aromatic heterocycles. The Hall–Kier alpha value is -1.96. The van der Waals surface area contributed by atoms with Gasteiger partial charge in [-0.3, -0.25) is 0 Å². The molecular formula is C13H11F3O4S. The van der Waals surface area contributed by atoms with Gasteiger partial charge in [0.1, 0.15) is 11.3 Å². The Kier molecular flexibility index (Phi) is 5.42. The maximum atomic E-state index is 12.6. The highest BCUT2D eigenvalue weighted by Gasteiger charge is 2.32. The molecule has 1 N–H and O–H groups in total. The number of carbonyl (C=O) groups excluding carboxylic acids is 1. The van der Waals surface area contributed by atoms with Crippen molar-refractivity contribution in [2.24, 2.45) is 0 Å². The number of thioether (sulfide) groups is 1. The minimum atomic E-state index is -4.66. The van der Waals surface area contributed by atoms with Crippen LogP contribution >= 0.6 is 11.8 Å². The van der Waals surface area contributed by atoms with E-state index in [9.17, 15) is 22.8 Å². The molecule has 0 aliphatic carbocycles. The van der Waals surface area contributed by atoms with E-state index >= 15 is 0 Å². The number of ether oxygens (including phenoxy) is 1. The number of aromatic carboxylic acids is 1. The molecular weight excluding hydrogens is 309 g/mol. The van der Waals surface area contributed by atoms with Crippen molar-refractivity contribution in [3.05, 3.63) is 40.3 Å². The average molecular weight is 320 g/mol. The van der Waals surface area contributed by atoms with Crippen LogP contribution in [-0.4, -0.2) is 16.4 Å². The van der Waals surface area contributed by atoms with Gasteiger partial charge in [-0.05, 0) is 48.7 Å². The number of alkyl halides is 3. The second-order valence-corrected chi connectivity index (χ2v) is 5.05. The second-order valence-electron chi connectivity index (χ2n) is 3.87. The van der Waals surface area contributed by atoms with Crippen LogP contribution in [0.2, 0.25) is 0 Å². The first-order valence-corrected chi connectivity index (χ1v) is 6.44. The summed E-state index contributed by atoms with van der Waals surface area (Å²) in [4.78, 5) is 23.1. The lowest BCUT2D eigenvalue weighted by Crippen LogP contribution is -2.10. The van der Waals surface area contributed by atoms with Crippen molar-refractivity contribution in [2.75, 3.05) is 0 Å². The van der Waals surface area contributed by atoms with Crippen molar-refractivity contribution in [1.82, 2.24) is 0 Å². The first-order valence-electron chi connectivity index (χ1n) is 5.62. The number of benzene rings is 1. The lowest BCUT2D eigenvalue weighted by atomic mass is 10.1. The van der Waals surface area contributed by atoms with E-state index in [0.717, 1.165) is 6.07 Å². The molecule has 0 atom stereocenters. The van der Waals surface area contributed by atoms with Crippen molar-refractivity contribution < 1.29 is 32.6 Å². The summed E-state index contributed by atoms with van der Waals surface area (Å²) in [6.07, 6.45) is -3.05. The number of halogens is 3. The fourth-order valence-electron chi connectivity index (χ4n) is 1.26. The molecule has 0 saturated heterocycles. The molecule has 0 bridgehead atoms. The van der Waals surface area contributed by atoms with Crippen LogP contribution in [0.1, 0.15) is 29.8 Å². The molecule has 0 saturated carbocycles. The summed E-state index contributed by atoms with van der Waals surface area (Å²) >= 11 is 0.654. The van der Waals surface area contributed by atoms with Gasteiger partial charge >= 0.3 is 17.4 Å². The number of carboxylic acid groups (broad SMARTS) is 1. The Bertz CT molecular complexity index is 594. The van der Waals surface area contributed by atoms with E-state index in [2.05, 4.69) is 0 Å². The SMILES string of the molecule is C/C=C(\C)SC(=O)Oc1cc(C(F)(F)F)ccc1C(=O)O. The number of carboxylic acids is 1. The first-order chi connectivity index (χ1) is 9.65. The topological polar surface area (TPSA) is 63.6 Å². The molecule has 0 aliphatic heterocycles. The van der Waals surface area contributed by atoms with Gasteiger partial charge in [-0.2, -0.15) is 13.2 Å². The monoisotopic (exact) mass is 320 g/mol. The summed E-state index contributed by atoms with van der Waals surface area (Å²) in [6, 6.07) is 1.86. The maximum absolute atomic E-state index is 12.6. The van der Waals surface area contributed by atoms with Crippen LogP contribution < -0.4 is 4.74 Å². The molecule has 4 nitrogen and oxygen atoms in total. The average Bonchev–Trinajstić information content (AvgIpc) is 2.36. The zero-order valence-corrected chi connectivity index (χ0v) is 11.8. The van der Waals surface area contributed by atoms with Crippen LogP contribution in [0.15, 0.2) is 29.2 Å². The molecule has 21 heavy (non-hydrogen) atoms. The standard InChI is InChI=1S/C13H11F3O4S/c1-3-7(2)21-12(19)20-10-6-8(13(14,15)16)4-5-9(10)11(17)18/h3-6H,1-2H3,(H,17,18)/b7-3+. The molecule has 0 fully saturated rings. The van der Waals surface area contributed by atoms with Gasteiger partial charge in [0.15, 0.2) is 0 Å². The van der Waals surface area contributed by atoms with E-state index in [1.807, 2.05) is 0 Å². The smallest absolute Gasteiger partial charge is 0.416 e. The highest BCUT2D eigenvalue weighted by molar-refractivity contribution is 8.16. The maximum Gasteiger partial charge on any atom is 0.416 e. The van der Waals surface area contributed by atoms with Gasteiger partial charge in [-0.25, -0.2) is 9.59 Å². The van der Waals surface area contributed by atoms with Gasteiger partial charge in [0.25, 0.3) is 0 Å². The molecule has 0 amide bonds. The Morgan fingerprint density at radius 2 is 1.95 bits per heavy atom. The highest BCUT2D eigenvalue weighted by atomic mass is 32.2. The number of hydrogen-bond acceptors (Lipinski definition) is 4. The fraction of sp³-hybridized carbons (Fsp3) is 0.231. The zero-order chi connectivity index (χ0) is 16.2. The Labute approximate surface area is 122 Å². The van der Waals surface area contributed by atoms with E-state index in [-0.39, 0.29) is 0 Å². The van der Waals surface area contributed by atoms with Crippen molar-refractivity contribution in [2.45, 2.75) is 20.0 Å². The van der Waals surface area contributed by atoms with E-state index in [1.54, 1.807) is 19.9 Å². The predicted molar refractivity (Wildman–Crippen MR) is 71.4 cm³/mol. The largest absolute Gasteiger partial charge is 0.478 e. The Morgan fingerprint density at radius 3 is 2.43 bits per heavy atom. The van der Waals surface area contributed by atoms with Crippen molar-refractivity contribution in [1.29, 1.82) is 0 Å². The Balaban J connectivity index is 3.13. The first kappa shape index (κ1) is 17.1. The lowest BCUT2D eigenvalue weighted by molar-refractivity contribution is -0.137. The minimum absolute atomic E-state index is 0.493. The number of carbonyl (C=O) groups is 2. The Morgan fingerprint density at radius 1 is 1.33 bits per heavy atom. The lowest BCUT2D eigenvalue weighted by Gasteiger charge is -2.11. The van der Waals surface area contributed by atoms with Gasteiger partial charge in [0, 0.05) is 0 Å². The van der Waals surface area contributed by atoms with E-state index in [4.69, 9.17) is 9.84 Å². The van der Waals surface area contributed by atoms with Gasteiger partial charge in [-0.1, -0.05) is 6.08 Å². The van der Waals surface area contributed by atoms with E-state index < -0.39 is 34.3 Å². The van der Waals surface area contributed by atoms with Crippen LogP contribution in [0, 0.1) is 0 Å². The van der Waals surface area contributed by atoms with Gasteiger partial charge < -0.3 is 9.84 Å². The van der Waals surface area contributed by atoms with Gasteiger partial charge in [0.05, 0.1) is 5.56 Å². The van der Waals surface area contributed by atoms with Crippen LogP contribution in [0.4, 0.5) is 18.0 Å². The summed E-state index contributed by atoms with van der Waals surface area (Å²) in [5.74, 6) is -2.13. The molecule has 1 rings (SSSR count). The number of allylic oxidation sites excluding steroid dienone is 2. The number of hydrogen-bond donors (Lipinski definition) is 1. The molecule has 0 heterocycles. The van der Waals surface area contributed by atoms with Crippen LogP contribution in [0.5, 0.6) is 5.75 Å². The van der Waals surface area contributed by atoms with Crippen molar-refractivity contribution in [3.8, 4) is 5.75 Å². The zero-order valence-electron chi connectivity index (χ0n) is 11.0. The molecule has 0 aliphatic rings. The van der Waals surface area contributed by atoms with E-state index in [0.29, 0.717) is 28.8 Å². The van der Waals surface area contributed by atoms with Crippen molar-refractivity contribution in [3.63, 3.8) is 0 Å². The minimum Gasteiger partial charge on any atom is -0.478 e. The molecule has 0 radical (unpaired) electrons. The molecule has 8 heteroatoms. The summed E-state index contributed by atoms with van der Waals surface area (Å²) in [5.41, 5.74) is -1.61. The number of rotatable bonds is 3. The molecule has 0 spiro atoms. The predicted octanol–water partition coefficient (Wildman–Crippen LogP) is 4.56. The molecule has 1 aromatic rings. The second kappa shape index (κ2) is 6.66. The van der Waals surface area contributed by atoms with Gasteiger partial charge in [-0.15, -0.1) is 0 Å². The third kappa shape index (κ3) is 4.82. The third-order valence-corrected chi connectivity index (χ3v) is 3.19. The van der Waals surface area contributed by atoms with Crippen LogP contribution in [-0.2, 0) is 6.18 Å². The summed E-state index contributed by atoms with van der Waals surface area (Å²) < 4.78 is 42.5. The fourth-order valence-corrected chi connectivity index (χ4v) is 1.77. The molecule has 0 unspecified atom stereocenters. The van der Waals surface area contributed by atoms with Crippen molar-refractivity contribution >= 4 is 23.0 Å². The highest BCUT2D eigenvalue weighted by Crippen LogP contribution is 2.34. The molecule has 114 valence electrons.